The molecule has 0 spiro atoms. The first-order valence-electron chi connectivity index (χ1n) is 9.65. The minimum absolute atomic E-state index is 0.0140. The molecule has 3 rings (SSSR count). The van der Waals surface area contributed by atoms with Crippen LogP contribution in [0.1, 0.15) is 13.3 Å². The predicted molar refractivity (Wildman–Crippen MR) is 114 cm³/mol. The number of benzene rings is 1. The van der Waals surface area contributed by atoms with Gasteiger partial charge in [0.15, 0.2) is 5.60 Å². The molecule has 170 valence electrons. The SMILES string of the molecule is C=CCOC(=O)O[C@](C)(COc1ccc(F)cc1)C1=C(C(=O)OCC=C)N2C(=O)C[C@H]2S1. The minimum atomic E-state index is -1.52. The number of amides is 1. The van der Waals surface area contributed by atoms with Crippen LogP contribution in [0.25, 0.3) is 0 Å². The Morgan fingerprint density at radius 2 is 1.88 bits per heavy atom. The van der Waals surface area contributed by atoms with Crippen molar-refractivity contribution < 1.29 is 37.7 Å². The molecular weight excluding hydrogens is 441 g/mol. The van der Waals surface area contributed by atoms with E-state index >= 15 is 0 Å². The van der Waals surface area contributed by atoms with Crippen molar-refractivity contribution in [1.29, 1.82) is 0 Å². The Balaban J connectivity index is 1.94. The van der Waals surface area contributed by atoms with Crippen molar-refractivity contribution in [2.45, 2.75) is 24.3 Å². The third-order valence-corrected chi connectivity index (χ3v) is 6.09. The van der Waals surface area contributed by atoms with E-state index in [1.807, 2.05) is 0 Å². The summed E-state index contributed by atoms with van der Waals surface area (Å²) in [7, 11) is 0. The van der Waals surface area contributed by atoms with Gasteiger partial charge in [-0.25, -0.2) is 14.0 Å². The van der Waals surface area contributed by atoms with Gasteiger partial charge in [-0.1, -0.05) is 37.1 Å². The number of halogens is 1. The van der Waals surface area contributed by atoms with E-state index in [1.54, 1.807) is 0 Å². The number of esters is 1. The highest BCUT2D eigenvalue weighted by Crippen LogP contribution is 2.51. The fraction of sp³-hybridized carbons (Fsp3) is 0.318. The molecule has 0 bridgehead atoms. The number of fused-ring (bicyclic) bond motifs is 1. The third-order valence-electron chi connectivity index (χ3n) is 4.58. The fourth-order valence-corrected chi connectivity index (χ4v) is 4.52. The summed E-state index contributed by atoms with van der Waals surface area (Å²) in [5, 5.41) is -0.318. The van der Waals surface area contributed by atoms with E-state index in [1.165, 1.54) is 60.0 Å². The van der Waals surface area contributed by atoms with Crippen LogP contribution in [-0.4, -0.2) is 53.7 Å². The Morgan fingerprint density at radius 3 is 2.50 bits per heavy atom. The molecule has 1 saturated heterocycles. The molecule has 2 aliphatic heterocycles. The number of carbonyl (C=O) groups is 3. The smallest absolute Gasteiger partial charge is 0.489 e. The normalized spacial score (nSPS) is 18.8. The first kappa shape index (κ1) is 23.4. The van der Waals surface area contributed by atoms with Crippen molar-refractivity contribution in [3.8, 4) is 5.75 Å². The number of β-lactam (4-membered cyclic amide) rings is 1. The summed E-state index contributed by atoms with van der Waals surface area (Å²) in [6, 6.07) is 5.27. The molecule has 0 unspecified atom stereocenters. The van der Waals surface area contributed by atoms with Crippen LogP contribution in [0.2, 0.25) is 0 Å². The summed E-state index contributed by atoms with van der Waals surface area (Å²) >= 11 is 1.21. The standard InChI is InChI=1S/C22H22FNO7S/c1-4-10-28-20(26)18-19(32-17-12-16(25)24(17)18)22(3,31-21(27)29-11-5-2)13-30-15-8-6-14(23)7-9-15/h4-9,17H,1-2,10-13H2,3H3/t17-,22-/m1/s1. The summed E-state index contributed by atoms with van der Waals surface area (Å²) in [4.78, 5) is 38.8. The second kappa shape index (κ2) is 9.90. The summed E-state index contributed by atoms with van der Waals surface area (Å²) in [5.74, 6) is -1.12. The van der Waals surface area contributed by atoms with Crippen LogP contribution in [-0.2, 0) is 23.8 Å². The van der Waals surface area contributed by atoms with Crippen LogP contribution in [0, 0.1) is 5.82 Å². The van der Waals surface area contributed by atoms with Crippen LogP contribution >= 0.6 is 11.8 Å². The molecule has 0 aromatic heterocycles. The van der Waals surface area contributed by atoms with Gasteiger partial charge < -0.3 is 18.9 Å². The highest BCUT2D eigenvalue weighted by Gasteiger charge is 2.54. The molecule has 2 heterocycles. The molecule has 32 heavy (non-hydrogen) atoms. The van der Waals surface area contributed by atoms with Crippen LogP contribution < -0.4 is 4.74 Å². The third kappa shape index (κ3) is 4.96. The number of ether oxygens (including phenoxy) is 4. The zero-order chi connectivity index (χ0) is 23.3. The maximum absolute atomic E-state index is 13.2. The highest BCUT2D eigenvalue weighted by atomic mass is 32.2. The summed E-state index contributed by atoms with van der Waals surface area (Å²) in [6.45, 7) is 8.14. The summed E-state index contributed by atoms with van der Waals surface area (Å²) in [5.41, 5.74) is -1.53. The van der Waals surface area contributed by atoms with E-state index < -0.39 is 23.5 Å². The molecule has 0 N–H and O–H groups in total. The van der Waals surface area contributed by atoms with Crippen molar-refractivity contribution in [2.24, 2.45) is 0 Å². The van der Waals surface area contributed by atoms with Crippen LogP contribution in [0.4, 0.5) is 9.18 Å². The Morgan fingerprint density at radius 1 is 1.22 bits per heavy atom. The van der Waals surface area contributed by atoms with Gasteiger partial charge in [0, 0.05) is 0 Å². The van der Waals surface area contributed by atoms with E-state index in [9.17, 15) is 18.8 Å². The molecular formula is C22H22FNO7S. The lowest BCUT2D eigenvalue weighted by atomic mass is 10.0. The van der Waals surface area contributed by atoms with Gasteiger partial charge in [-0.05, 0) is 31.2 Å². The van der Waals surface area contributed by atoms with Gasteiger partial charge in [-0.3, -0.25) is 9.69 Å². The van der Waals surface area contributed by atoms with Gasteiger partial charge in [0.25, 0.3) is 0 Å². The van der Waals surface area contributed by atoms with Gasteiger partial charge in [-0.15, -0.1) is 0 Å². The molecule has 0 aliphatic carbocycles. The second-order valence-corrected chi connectivity index (χ2v) is 8.22. The lowest BCUT2D eigenvalue weighted by Crippen LogP contribution is -2.49. The fourth-order valence-electron chi connectivity index (χ4n) is 3.05. The molecule has 2 atom stereocenters. The lowest BCUT2D eigenvalue weighted by Gasteiger charge is -2.34. The molecule has 10 heteroatoms. The molecule has 8 nitrogen and oxygen atoms in total. The van der Waals surface area contributed by atoms with Gasteiger partial charge in [-0.2, -0.15) is 0 Å². The monoisotopic (exact) mass is 463 g/mol. The van der Waals surface area contributed by atoms with Crippen LogP contribution in [0.15, 0.2) is 60.2 Å². The van der Waals surface area contributed by atoms with Crippen molar-refractivity contribution in [2.75, 3.05) is 19.8 Å². The van der Waals surface area contributed by atoms with E-state index in [-0.39, 0.29) is 43.2 Å². The zero-order valence-corrected chi connectivity index (χ0v) is 18.2. The van der Waals surface area contributed by atoms with Crippen molar-refractivity contribution in [3.05, 3.63) is 66.0 Å². The van der Waals surface area contributed by atoms with E-state index in [0.717, 1.165) is 0 Å². The molecule has 1 amide bonds. The average Bonchev–Trinajstić information content (AvgIpc) is 3.09. The minimum Gasteiger partial charge on any atom is -0.489 e. The van der Waals surface area contributed by atoms with Crippen LogP contribution in [0.3, 0.4) is 0 Å². The molecule has 0 radical (unpaired) electrons. The second-order valence-electron chi connectivity index (χ2n) is 7.03. The highest BCUT2D eigenvalue weighted by molar-refractivity contribution is 8.04. The van der Waals surface area contributed by atoms with Gasteiger partial charge in [0.1, 0.15) is 37.1 Å². The van der Waals surface area contributed by atoms with E-state index in [0.29, 0.717) is 10.7 Å². The molecule has 1 fully saturated rings. The first-order chi connectivity index (χ1) is 15.3. The van der Waals surface area contributed by atoms with Crippen molar-refractivity contribution >= 4 is 29.8 Å². The Bertz CT molecular complexity index is 962. The largest absolute Gasteiger partial charge is 0.509 e. The zero-order valence-electron chi connectivity index (χ0n) is 17.4. The molecule has 1 aromatic rings. The van der Waals surface area contributed by atoms with Crippen molar-refractivity contribution in [1.82, 2.24) is 4.90 Å². The Kier molecular flexibility index (Phi) is 7.24. The van der Waals surface area contributed by atoms with Gasteiger partial charge in [0.2, 0.25) is 5.91 Å². The quantitative estimate of drug-likeness (QED) is 0.296. The number of hydrogen-bond acceptors (Lipinski definition) is 8. The molecule has 2 aliphatic rings. The topological polar surface area (TPSA) is 91.4 Å². The van der Waals surface area contributed by atoms with Gasteiger partial charge >= 0.3 is 12.1 Å². The summed E-state index contributed by atoms with van der Waals surface area (Å²) in [6.07, 6.45) is 1.99. The molecule has 0 saturated carbocycles. The van der Waals surface area contributed by atoms with E-state index in [2.05, 4.69) is 13.2 Å². The average molecular weight is 463 g/mol. The Labute approximate surface area is 188 Å². The summed E-state index contributed by atoms with van der Waals surface area (Å²) < 4.78 is 34.6. The van der Waals surface area contributed by atoms with Crippen LogP contribution in [0.5, 0.6) is 5.75 Å². The number of rotatable bonds is 10. The predicted octanol–water partition coefficient (Wildman–Crippen LogP) is 3.55. The Hall–Kier alpha value is -3.27. The number of thioether (sulfide) groups is 1. The lowest BCUT2D eigenvalue weighted by molar-refractivity contribution is -0.148. The van der Waals surface area contributed by atoms with Gasteiger partial charge in [0.05, 0.1) is 16.7 Å². The van der Waals surface area contributed by atoms with E-state index in [4.69, 9.17) is 18.9 Å². The maximum atomic E-state index is 13.2. The maximum Gasteiger partial charge on any atom is 0.509 e. The number of nitrogens with zero attached hydrogens (tertiary/aromatic N) is 1. The number of carbonyl (C=O) groups excluding carboxylic acids is 3. The first-order valence-corrected chi connectivity index (χ1v) is 10.5. The molecule has 1 aromatic carbocycles. The van der Waals surface area contributed by atoms with Crippen molar-refractivity contribution in [3.63, 3.8) is 0 Å². The number of hydrogen-bond donors (Lipinski definition) is 0.